The maximum atomic E-state index is 3.41. The van der Waals surface area contributed by atoms with Crippen LogP contribution in [0.4, 0.5) is 5.69 Å². The molecule has 1 atom stereocenters. The zero-order valence-electron chi connectivity index (χ0n) is 12.7. The first-order chi connectivity index (χ1) is 9.22. The van der Waals surface area contributed by atoms with Gasteiger partial charge in [-0.1, -0.05) is 24.6 Å². The van der Waals surface area contributed by atoms with Crippen molar-refractivity contribution in [1.82, 2.24) is 5.32 Å². The van der Waals surface area contributed by atoms with Crippen molar-refractivity contribution >= 4 is 5.69 Å². The number of fused-ring (bicyclic) bond motifs is 1. The van der Waals surface area contributed by atoms with Gasteiger partial charge >= 0.3 is 0 Å². The van der Waals surface area contributed by atoms with Crippen LogP contribution in [-0.2, 0) is 6.42 Å². The highest BCUT2D eigenvalue weighted by molar-refractivity contribution is 5.57. The predicted octanol–water partition coefficient (Wildman–Crippen LogP) is 3.53. The van der Waals surface area contributed by atoms with Gasteiger partial charge < -0.3 is 10.2 Å². The maximum absolute atomic E-state index is 3.41. The van der Waals surface area contributed by atoms with Crippen LogP contribution in [-0.4, -0.2) is 25.7 Å². The van der Waals surface area contributed by atoms with E-state index in [0.29, 0.717) is 6.04 Å². The Labute approximate surface area is 118 Å². The smallest absolute Gasteiger partial charge is 0.0401 e. The molecule has 1 aliphatic heterocycles. The highest BCUT2D eigenvalue weighted by atomic mass is 15.2. The van der Waals surface area contributed by atoms with Gasteiger partial charge in [-0.25, -0.2) is 0 Å². The van der Waals surface area contributed by atoms with E-state index in [4.69, 9.17) is 0 Å². The lowest BCUT2D eigenvalue weighted by Crippen LogP contribution is -2.37. The van der Waals surface area contributed by atoms with Crippen LogP contribution < -0.4 is 10.2 Å². The molecule has 1 unspecified atom stereocenters. The second kappa shape index (κ2) is 6.95. The van der Waals surface area contributed by atoms with E-state index in [2.05, 4.69) is 49.2 Å². The predicted molar refractivity (Wildman–Crippen MR) is 84.1 cm³/mol. The van der Waals surface area contributed by atoms with Gasteiger partial charge in [0.2, 0.25) is 0 Å². The third-order valence-corrected chi connectivity index (χ3v) is 4.15. The van der Waals surface area contributed by atoms with Gasteiger partial charge in [-0.2, -0.15) is 0 Å². The zero-order valence-corrected chi connectivity index (χ0v) is 12.7. The number of nitrogens with zero attached hydrogens (tertiary/aromatic N) is 1. The Morgan fingerprint density at radius 3 is 3.00 bits per heavy atom. The van der Waals surface area contributed by atoms with Gasteiger partial charge in [-0.15, -0.1) is 0 Å². The Hall–Kier alpha value is -1.02. The zero-order chi connectivity index (χ0) is 13.7. The monoisotopic (exact) mass is 260 g/mol. The van der Waals surface area contributed by atoms with Crippen molar-refractivity contribution in [2.75, 3.05) is 24.5 Å². The molecule has 0 spiro atoms. The molecule has 0 saturated carbocycles. The van der Waals surface area contributed by atoms with E-state index in [1.165, 1.54) is 43.5 Å². The van der Waals surface area contributed by atoms with Crippen molar-refractivity contribution in [3.8, 4) is 0 Å². The number of anilines is 1. The van der Waals surface area contributed by atoms with E-state index in [9.17, 15) is 0 Å². The third kappa shape index (κ3) is 3.73. The van der Waals surface area contributed by atoms with Crippen LogP contribution in [0.1, 0.15) is 44.2 Å². The number of hydrogen-bond donors (Lipinski definition) is 1. The first kappa shape index (κ1) is 14.4. The van der Waals surface area contributed by atoms with Crippen LogP contribution in [0.15, 0.2) is 18.2 Å². The summed E-state index contributed by atoms with van der Waals surface area (Å²) in [6, 6.07) is 7.60. The van der Waals surface area contributed by atoms with Crippen LogP contribution in [0.5, 0.6) is 0 Å². The van der Waals surface area contributed by atoms with E-state index >= 15 is 0 Å². The summed E-state index contributed by atoms with van der Waals surface area (Å²) in [6.07, 6.45) is 5.10. The van der Waals surface area contributed by atoms with E-state index < -0.39 is 0 Å². The lowest BCUT2D eigenvalue weighted by Gasteiger charge is -2.36. The van der Waals surface area contributed by atoms with Crippen LogP contribution in [0.2, 0.25) is 0 Å². The topological polar surface area (TPSA) is 15.3 Å². The first-order valence-electron chi connectivity index (χ1n) is 7.79. The van der Waals surface area contributed by atoms with Gasteiger partial charge in [0, 0.05) is 18.3 Å². The average molecular weight is 260 g/mol. The molecule has 0 aliphatic carbocycles. The van der Waals surface area contributed by atoms with Gasteiger partial charge in [-0.05, 0) is 64.3 Å². The molecular weight excluding hydrogens is 232 g/mol. The quantitative estimate of drug-likeness (QED) is 0.787. The molecule has 0 bridgehead atoms. The molecule has 2 nitrogen and oxygen atoms in total. The van der Waals surface area contributed by atoms with Gasteiger partial charge in [0.15, 0.2) is 0 Å². The summed E-state index contributed by atoms with van der Waals surface area (Å²) in [4.78, 5) is 2.62. The van der Waals surface area contributed by atoms with Crippen molar-refractivity contribution < 1.29 is 0 Å². The van der Waals surface area contributed by atoms with Crippen molar-refractivity contribution in [1.29, 1.82) is 0 Å². The second-order valence-corrected chi connectivity index (χ2v) is 5.77. The SMILES string of the molecule is CCNCCCC(C)N1CCCc2cc(C)ccc21. The fraction of sp³-hybridized carbons (Fsp3) is 0.647. The van der Waals surface area contributed by atoms with E-state index in [-0.39, 0.29) is 0 Å². The van der Waals surface area contributed by atoms with Crippen molar-refractivity contribution in [2.24, 2.45) is 0 Å². The summed E-state index contributed by atoms with van der Waals surface area (Å²) in [7, 11) is 0. The fourth-order valence-corrected chi connectivity index (χ4v) is 3.07. The van der Waals surface area contributed by atoms with Crippen LogP contribution in [0.25, 0.3) is 0 Å². The summed E-state index contributed by atoms with van der Waals surface area (Å²) in [5.74, 6) is 0. The molecule has 106 valence electrons. The Bertz CT molecular complexity index is 400. The summed E-state index contributed by atoms with van der Waals surface area (Å²) in [5, 5.41) is 3.41. The van der Waals surface area contributed by atoms with Crippen LogP contribution in [0.3, 0.4) is 0 Å². The molecule has 0 saturated heterocycles. The lowest BCUT2D eigenvalue weighted by atomic mass is 9.97. The number of hydrogen-bond acceptors (Lipinski definition) is 2. The minimum atomic E-state index is 0.653. The normalized spacial score (nSPS) is 16.3. The highest BCUT2D eigenvalue weighted by Gasteiger charge is 2.20. The van der Waals surface area contributed by atoms with Gasteiger partial charge in [0.1, 0.15) is 0 Å². The Morgan fingerprint density at radius 2 is 2.21 bits per heavy atom. The molecule has 1 aliphatic rings. The number of aryl methyl sites for hydroxylation is 2. The van der Waals surface area contributed by atoms with Crippen LogP contribution in [0, 0.1) is 6.92 Å². The molecule has 0 fully saturated rings. The largest absolute Gasteiger partial charge is 0.369 e. The maximum Gasteiger partial charge on any atom is 0.0401 e. The summed E-state index contributed by atoms with van der Waals surface area (Å²) in [6.45, 7) is 10.2. The van der Waals surface area contributed by atoms with Gasteiger partial charge in [0.25, 0.3) is 0 Å². The lowest BCUT2D eigenvalue weighted by molar-refractivity contribution is 0.527. The van der Waals surface area contributed by atoms with E-state index in [1.807, 2.05) is 0 Å². The second-order valence-electron chi connectivity index (χ2n) is 5.77. The van der Waals surface area contributed by atoms with E-state index in [1.54, 1.807) is 5.56 Å². The minimum absolute atomic E-state index is 0.653. The minimum Gasteiger partial charge on any atom is -0.369 e. The molecule has 1 N–H and O–H groups in total. The number of benzene rings is 1. The van der Waals surface area contributed by atoms with Crippen molar-refractivity contribution in [3.05, 3.63) is 29.3 Å². The van der Waals surface area contributed by atoms with Crippen molar-refractivity contribution in [3.63, 3.8) is 0 Å². The first-order valence-corrected chi connectivity index (χ1v) is 7.79. The Morgan fingerprint density at radius 1 is 1.37 bits per heavy atom. The molecule has 0 radical (unpaired) electrons. The molecular formula is C17H28N2. The molecule has 1 aromatic rings. The summed E-state index contributed by atoms with van der Waals surface area (Å²) >= 11 is 0. The number of rotatable bonds is 6. The average Bonchev–Trinajstić information content (AvgIpc) is 2.42. The Kier molecular flexibility index (Phi) is 5.26. The molecule has 1 heterocycles. The molecule has 2 heteroatoms. The van der Waals surface area contributed by atoms with Gasteiger partial charge in [-0.3, -0.25) is 0 Å². The Balaban J connectivity index is 1.98. The summed E-state index contributed by atoms with van der Waals surface area (Å²) < 4.78 is 0. The summed E-state index contributed by atoms with van der Waals surface area (Å²) in [5.41, 5.74) is 4.41. The standard InChI is InChI=1S/C17H28N2/c1-4-18-11-5-7-15(3)19-12-6-8-16-13-14(2)9-10-17(16)19/h9-10,13,15,18H,4-8,11-12H2,1-3H3. The molecule has 0 aromatic heterocycles. The van der Waals surface area contributed by atoms with Crippen LogP contribution >= 0.6 is 0 Å². The number of nitrogens with one attached hydrogen (secondary N) is 1. The van der Waals surface area contributed by atoms with E-state index in [0.717, 1.165) is 13.1 Å². The molecule has 0 amide bonds. The highest BCUT2D eigenvalue weighted by Crippen LogP contribution is 2.30. The molecule has 19 heavy (non-hydrogen) atoms. The van der Waals surface area contributed by atoms with Gasteiger partial charge in [0.05, 0.1) is 0 Å². The third-order valence-electron chi connectivity index (χ3n) is 4.15. The molecule has 2 rings (SSSR count). The van der Waals surface area contributed by atoms with Crippen molar-refractivity contribution in [2.45, 2.75) is 52.5 Å². The fourth-order valence-electron chi connectivity index (χ4n) is 3.07. The molecule has 1 aromatic carbocycles.